The summed E-state index contributed by atoms with van der Waals surface area (Å²) < 4.78 is 0. The summed E-state index contributed by atoms with van der Waals surface area (Å²) in [6.45, 7) is 5.71. The predicted octanol–water partition coefficient (Wildman–Crippen LogP) is 3.45. The van der Waals surface area contributed by atoms with Gasteiger partial charge in [-0.05, 0) is 51.0 Å². The summed E-state index contributed by atoms with van der Waals surface area (Å²) in [5.41, 5.74) is 2.16. The first-order valence-corrected chi connectivity index (χ1v) is 11.5. The van der Waals surface area contributed by atoms with E-state index in [1.165, 1.54) is 11.3 Å². The molecule has 0 unspecified atom stereocenters. The molecule has 0 radical (unpaired) electrons. The molecule has 23 heavy (non-hydrogen) atoms. The average Bonchev–Trinajstić information content (AvgIpc) is 3.09. The molecule has 0 spiro atoms. The molecule has 2 aliphatic heterocycles. The molecule has 0 fully saturated rings. The standard InChI is InChI=1S/C15H19N5.2BrH.Cu/c1-17-6-8-19(12-17)10-14-4-3-5-15(16-14)11-20-9-7-18(2)13-20;;;/h3-9,12-13H,10-11H2,1-2H3;2*1H;/q-2;;;+2/p-2. The normalized spacial score (nSPS) is 16.3. The molecule has 0 saturated heterocycles. The molecule has 8 heteroatoms. The number of hydrogen-bond donors (Lipinski definition) is 0. The number of nitrogens with zero attached hydrogens (tertiary/aromatic N) is 5. The maximum absolute atomic E-state index is 4.72. The summed E-state index contributed by atoms with van der Waals surface area (Å²) in [5, 5.41) is 0. The van der Waals surface area contributed by atoms with Crippen molar-refractivity contribution in [2.24, 2.45) is 0 Å². The fourth-order valence-electron chi connectivity index (χ4n) is 2.27. The van der Waals surface area contributed by atoms with Gasteiger partial charge in [-0.25, -0.2) is 0 Å². The Hall–Kier alpha value is -0.691. The fraction of sp³-hybridized carbons (Fsp3) is 0.267. The second kappa shape index (κ2) is 9.57. The van der Waals surface area contributed by atoms with Crippen LogP contribution in [-0.4, -0.2) is 38.7 Å². The molecule has 0 amide bonds. The van der Waals surface area contributed by atoms with Crippen LogP contribution in [0.2, 0.25) is 0 Å². The molecule has 2 aliphatic rings. The number of aromatic nitrogens is 1. The Morgan fingerprint density at radius 2 is 1.35 bits per heavy atom. The minimum atomic E-state index is 0.800. The van der Waals surface area contributed by atoms with Crippen molar-refractivity contribution in [3.63, 3.8) is 0 Å². The Morgan fingerprint density at radius 1 is 0.913 bits per heavy atom. The van der Waals surface area contributed by atoms with Gasteiger partial charge in [-0.3, -0.25) is 4.98 Å². The van der Waals surface area contributed by atoms with Crippen LogP contribution < -0.4 is 0 Å². The Kier molecular flexibility index (Phi) is 7.76. The Morgan fingerprint density at radius 3 is 1.70 bits per heavy atom. The van der Waals surface area contributed by atoms with Gasteiger partial charge in [0, 0.05) is 13.1 Å². The molecular formula is C15H19Br2CuN5-2. The van der Waals surface area contributed by atoms with Crippen molar-refractivity contribution < 1.29 is 11.3 Å². The SMILES string of the molecule is CN1C=CN(Cc2cccc(CN3C=CN(C)[CH-]3)n2)[CH-]1.[Br][Cu][Br]. The van der Waals surface area contributed by atoms with E-state index in [9.17, 15) is 0 Å². The van der Waals surface area contributed by atoms with Crippen LogP contribution in [0.25, 0.3) is 0 Å². The second-order valence-corrected chi connectivity index (χ2v) is 9.92. The van der Waals surface area contributed by atoms with E-state index in [4.69, 9.17) is 4.98 Å². The van der Waals surface area contributed by atoms with Gasteiger partial charge in [0.15, 0.2) is 0 Å². The Bertz CT molecular complexity index is 511. The van der Waals surface area contributed by atoms with E-state index in [2.05, 4.69) is 82.0 Å². The van der Waals surface area contributed by atoms with Gasteiger partial charge in [0.05, 0.1) is 11.4 Å². The van der Waals surface area contributed by atoms with Crippen LogP contribution in [0.5, 0.6) is 0 Å². The summed E-state index contributed by atoms with van der Waals surface area (Å²) in [6, 6.07) is 6.21. The number of halogens is 2. The van der Waals surface area contributed by atoms with Gasteiger partial charge in [-0.1, -0.05) is 6.07 Å². The monoisotopic (exact) mass is 490 g/mol. The first-order chi connectivity index (χ1) is 11.1. The summed E-state index contributed by atoms with van der Waals surface area (Å²) >= 11 is 7.38. The average molecular weight is 493 g/mol. The van der Waals surface area contributed by atoms with Crippen molar-refractivity contribution in [1.29, 1.82) is 0 Å². The molecule has 0 aromatic carbocycles. The van der Waals surface area contributed by atoms with Crippen LogP contribution in [-0.2, 0) is 24.4 Å². The van der Waals surface area contributed by atoms with Crippen molar-refractivity contribution in [3.05, 3.63) is 67.7 Å². The van der Waals surface area contributed by atoms with Gasteiger partial charge in [-0.2, -0.15) is 13.3 Å². The number of rotatable bonds is 4. The van der Waals surface area contributed by atoms with E-state index >= 15 is 0 Å². The Balaban J connectivity index is 0.000000595. The zero-order valence-electron chi connectivity index (χ0n) is 12.9. The van der Waals surface area contributed by atoms with Crippen molar-refractivity contribution in [3.8, 4) is 0 Å². The maximum atomic E-state index is 4.72. The quantitative estimate of drug-likeness (QED) is 0.474. The molecule has 0 N–H and O–H groups in total. The van der Waals surface area contributed by atoms with Gasteiger partial charge in [0.25, 0.3) is 0 Å². The summed E-state index contributed by atoms with van der Waals surface area (Å²) in [4.78, 5) is 13.0. The van der Waals surface area contributed by atoms with E-state index < -0.39 is 0 Å². The van der Waals surface area contributed by atoms with Crippen LogP contribution in [0.1, 0.15) is 11.4 Å². The van der Waals surface area contributed by atoms with E-state index in [-0.39, 0.29) is 0 Å². The molecule has 1 aromatic rings. The molecule has 0 aliphatic carbocycles. The molecule has 0 bridgehead atoms. The first-order valence-electron chi connectivity index (χ1n) is 6.89. The second-order valence-electron chi connectivity index (χ2n) is 5.17. The molecule has 1 aromatic heterocycles. The zero-order valence-corrected chi connectivity index (χ0v) is 17.0. The summed E-state index contributed by atoms with van der Waals surface area (Å²) in [6.07, 6.45) is 8.17. The van der Waals surface area contributed by atoms with Crippen LogP contribution in [0.3, 0.4) is 0 Å². The van der Waals surface area contributed by atoms with Crippen LogP contribution in [0, 0.1) is 13.3 Å². The van der Waals surface area contributed by atoms with Gasteiger partial charge in [-0.15, -0.1) is 0 Å². The van der Waals surface area contributed by atoms with E-state index in [1.54, 1.807) is 0 Å². The molecule has 3 rings (SSSR count). The van der Waals surface area contributed by atoms with E-state index in [0.29, 0.717) is 0 Å². The van der Waals surface area contributed by atoms with Crippen LogP contribution in [0.4, 0.5) is 0 Å². The molecule has 3 heterocycles. The van der Waals surface area contributed by atoms with Gasteiger partial charge in [0.1, 0.15) is 0 Å². The van der Waals surface area contributed by atoms with E-state index in [1.807, 2.05) is 36.3 Å². The fourth-order valence-corrected chi connectivity index (χ4v) is 2.27. The molecule has 131 valence electrons. The molecule has 5 nitrogen and oxygen atoms in total. The van der Waals surface area contributed by atoms with Crippen molar-refractivity contribution >= 4 is 28.2 Å². The Labute approximate surface area is 158 Å². The number of pyridine rings is 1. The van der Waals surface area contributed by atoms with Crippen molar-refractivity contribution in [1.82, 2.24) is 24.6 Å². The van der Waals surface area contributed by atoms with Crippen LogP contribution >= 0.6 is 28.2 Å². The third-order valence-corrected chi connectivity index (χ3v) is 3.20. The van der Waals surface area contributed by atoms with E-state index in [0.717, 1.165) is 24.5 Å². The minimum absolute atomic E-state index is 0.800. The first kappa shape index (κ1) is 18.6. The van der Waals surface area contributed by atoms with Gasteiger partial charge >= 0.3 is 39.6 Å². The van der Waals surface area contributed by atoms with Crippen molar-refractivity contribution in [2.45, 2.75) is 13.1 Å². The van der Waals surface area contributed by atoms with Crippen LogP contribution in [0.15, 0.2) is 43.0 Å². The summed E-state index contributed by atoms with van der Waals surface area (Å²) in [7, 11) is 4.04. The molecule has 0 atom stereocenters. The van der Waals surface area contributed by atoms with Crippen molar-refractivity contribution in [2.75, 3.05) is 14.1 Å². The number of hydrogen-bond acceptors (Lipinski definition) is 5. The topological polar surface area (TPSA) is 25.9 Å². The summed E-state index contributed by atoms with van der Waals surface area (Å²) in [5.74, 6) is 0. The predicted molar refractivity (Wildman–Crippen MR) is 95.6 cm³/mol. The molecule has 0 saturated carbocycles. The van der Waals surface area contributed by atoms with Gasteiger partial charge < -0.3 is 19.6 Å². The van der Waals surface area contributed by atoms with Gasteiger partial charge in [0.2, 0.25) is 0 Å². The molecular weight excluding hydrogens is 474 g/mol. The third kappa shape index (κ3) is 6.37. The third-order valence-electron chi connectivity index (χ3n) is 3.20. The zero-order chi connectivity index (χ0) is 16.7.